The molecule has 0 aliphatic rings. The molecular formula is C12H8Br2N2O. The van der Waals surface area contributed by atoms with E-state index >= 15 is 0 Å². The number of carbonyl (C=O) groups excluding carboxylic acids is 1. The van der Waals surface area contributed by atoms with Crippen molar-refractivity contribution in [3.63, 3.8) is 0 Å². The second-order valence-corrected chi connectivity index (χ2v) is 4.97. The summed E-state index contributed by atoms with van der Waals surface area (Å²) in [6.45, 7) is 0. The Labute approximate surface area is 116 Å². The number of carbonyl (C=O) groups is 1. The SMILES string of the molecule is O=C(Nc1ccc(Br)cc1)c1cccnc1Br. The van der Waals surface area contributed by atoms with Gasteiger partial charge in [0.25, 0.3) is 5.91 Å². The number of rotatable bonds is 2. The van der Waals surface area contributed by atoms with Crippen LogP contribution in [0.4, 0.5) is 5.69 Å². The summed E-state index contributed by atoms with van der Waals surface area (Å²) in [4.78, 5) is 15.9. The third kappa shape index (κ3) is 3.14. The predicted octanol–water partition coefficient (Wildman–Crippen LogP) is 3.86. The lowest BCUT2D eigenvalue weighted by molar-refractivity contribution is 0.102. The second kappa shape index (κ2) is 5.42. The number of aromatic nitrogens is 1. The van der Waals surface area contributed by atoms with E-state index in [0.29, 0.717) is 10.2 Å². The number of pyridine rings is 1. The van der Waals surface area contributed by atoms with E-state index in [1.807, 2.05) is 24.3 Å². The fourth-order valence-electron chi connectivity index (χ4n) is 1.29. The highest BCUT2D eigenvalue weighted by Crippen LogP contribution is 2.17. The lowest BCUT2D eigenvalue weighted by Crippen LogP contribution is -2.12. The average molecular weight is 356 g/mol. The van der Waals surface area contributed by atoms with Gasteiger partial charge in [-0.2, -0.15) is 0 Å². The lowest BCUT2D eigenvalue weighted by atomic mass is 10.2. The molecule has 0 spiro atoms. The summed E-state index contributed by atoms with van der Waals surface area (Å²) >= 11 is 6.58. The molecule has 0 bridgehead atoms. The smallest absolute Gasteiger partial charge is 0.258 e. The molecule has 1 amide bonds. The molecule has 2 aromatic rings. The number of halogens is 2. The summed E-state index contributed by atoms with van der Waals surface area (Å²) in [7, 11) is 0. The summed E-state index contributed by atoms with van der Waals surface area (Å²) in [5, 5.41) is 2.80. The summed E-state index contributed by atoms with van der Waals surface area (Å²) in [5.41, 5.74) is 1.25. The molecule has 1 aromatic heterocycles. The number of nitrogens with one attached hydrogen (secondary N) is 1. The van der Waals surface area contributed by atoms with Gasteiger partial charge in [-0.3, -0.25) is 4.79 Å². The van der Waals surface area contributed by atoms with Crippen LogP contribution in [-0.4, -0.2) is 10.9 Å². The average Bonchev–Trinajstić information content (AvgIpc) is 2.32. The van der Waals surface area contributed by atoms with Gasteiger partial charge in [0.05, 0.1) is 5.56 Å². The maximum Gasteiger partial charge on any atom is 0.258 e. The number of anilines is 1. The van der Waals surface area contributed by atoms with E-state index in [1.54, 1.807) is 18.3 Å². The fourth-order valence-corrected chi connectivity index (χ4v) is 1.98. The first-order valence-electron chi connectivity index (χ1n) is 4.84. The molecule has 1 aromatic carbocycles. The Kier molecular flexibility index (Phi) is 3.91. The molecule has 0 atom stereocenters. The van der Waals surface area contributed by atoms with E-state index < -0.39 is 0 Å². The fraction of sp³-hybridized carbons (Fsp3) is 0. The van der Waals surface area contributed by atoms with Crippen molar-refractivity contribution in [2.45, 2.75) is 0 Å². The highest BCUT2D eigenvalue weighted by atomic mass is 79.9. The molecule has 0 aliphatic heterocycles. The molecule has 0 aliphatic carbocycles. The molecule has 86 valence electrons. The Morgan fingerprint density at radius 2 is 1.82 bits per heavy atom. The molecule has 5 heteroatoms. The monoisotopic (exact) mass is 354 g/mol. The van der Waals surface area contributed by atoms with Gasteiger partial charge in [-0.05, 0) is 52.3 Å². The standard InChI is InChI=1S/C12H8Br2N2O/c13-8-3-5-9(6-4-8)16-12(17)10-2-1-7-15-11(10)14/h1-7H,(H,16,17). The third-order valence-electron chi connectivity index (χ3n) is 2.11. The van der Waals surface area contributed by atoms with Crippen molar-refractivity contribution in [3.05, 3.63) is 57.2 Å². The number of hydrogen-bond donors (Lipinski definition) is 1. The van der Waals surface area contributed by atoms with Gasteiger partial charge >= 0.3 is 0 Å². The topological polar surface area (TPSA) is 42.0 Å². The van der Waals surface area contributed by atoms with Gasteiger partial charge in [0.1, 0.15) is 4.60 Å². The van der Waals surface area contributed by atoms with Crippen molar-refractivity contribution in [3.8, 4) is 0 Å². The zero-order valence-corrected chi connectivity index (χ0v) is 11.8. The van der Waals surface area contributed by atoms with Crippen LogP contribution in [0.1, 0.15) is 10.4 Å². The highest BCUT2D eigenvalue weighted by Gasteiger charge is 2.10. The van der Waals surface area contributed by atoms with Gasteiger partial charge < -0.3 is 5.32 Å². The van der Waals surface area contributed by atoms with Crippen LogP contribution in [0.15, 0.2) is 51.7 Å². The summed E-state index contributed by atoms with van der Waals surface area (Å²) < 4.78 is 1.51. The van der Waals surface area contributed by atoms with E-state index in [-0.39, 0.29) is 5.91 Å². The quantitative estimate of drug-likeness (QED) is 0.831. The van der Waals surface area contributed by atoms with Gasteiger partial charge in [0.15, 0.2) is 0 Å². The van der Waals surface area contributed by atoms with E-state index in [4.69, 9.17) is 0 Å². The zero-order valence-electron chi connectivity index (χ0n) is 8.65. The highest BCUT2D eigenvalue weighted by molar-refractivity contribution is 9.10. The Bertz CT molecular complexity index is 540. The van der Waals surface area contributed by atoms with E-state index in [0.717, 1.165) is 10.2 Å². The first kappa shape index (κ1) is 12.3. The van der Waals surface area contributed by atoms with Crippen LogP contribution in [0.5, 0.6) is 0 Å². The van der Waals surface area contributed by atoms with Crippen LogP contribution in [-0.2, 0) is 0 Å². The molecule has 0 saturated carbocycles. The molecule has 3 nitrogen and oxygen atoms in total. The molecular weight excluding hydrogens is 348 g/mol. The lowest BCUT2D eigenvalue weighted by Gasteiger charge is -2.06. The van der Waals surface area contributed by atoms with Gasteiger partial charge in [-0.25, -0.2) is 4.98 Å². The Morgan fingerprint density at radius 1 is 1.12 bits per heavy atom. The van der Waals surface area contributed by atoms with Crippen LogP contribution in [0, 0.1) is 0 Å². The molecule has 2 rings (SSSR count). The Balaban J connectivity index is 2.17. The van der Waals surface area contributed by atoms with Crippen LogP contribution >= 0.6 is 31.9 Å². The third-order valence-corrected chi connectivity index (χ3v) is 3.27. The normalized spacial score (nSPS) is 10.0. The van der Waals surface area contributed by atoms with Crippen molar-refractivity contribution < 1.29 is 4.79 Å². The molecule has 0 saturated heterocycles. The summed E-state index contributed by atoms with van der Waals surface area (Å²) in [5.74, 6) is -0.188. The summed E-state index contributed by atoms with van der Waals surface area (Å²) in [6, 6.07) is 10.8. The minimum atomic E-state index is -0.188. The van der Waals surface area contributed by atoms with Crippen LogP contribution in [0.3, 0.4) is 0 Å². The van der Waals surface area contributed by atoms with Crippen molar-refractivity contribution in [2.24, 2.45) is 0 Å². The second-order valence-electron chi connectivity index (χ2n) is 3.30. The minimum Gasteiger partial charge on any atom is -0.322 e. The maximum atomic E-state index is 11.9. The van der Waals surface area contributed by atoms with Gasteiger partial charge in [-0.15, -0.1) is 0 Å². The molecule has 0 fully saturated rings. The Morgan fingerprint density at radius 3 is 2.47 bits per heavy atom. The van der Waals surface area contributed by atoms with Crippen molar-refractivity contribution in [2.75, 3.05) is 5.32 Å². The summed E-state index contributed by atoms with van der Waals surface area (Å²) in [6.07, 6.45) is 1.63. The van der Waals surface area contributed by atoms with Crippen molar-refractivity contribution >= 4 is 43.5 Å². The van der Waals surface area contributed by atoms with E-state index in [2.05, 4.69) is 42.2 Å². The first-order valence-corrected chi connectivity index (χ1v) is 6.43. The minimum absolute atomic E-state index is 0.188. The zero-order chi connectivity index (χ0) is 12.3. The first-order chi connectivity index (χ1) is 8.16. The number of hydrogen-bond acceptors (Lipinski definition) is 2. The predicted molar refractivity (Wildman–Crippen MR) is 74.0 cm³/mol. The molecule has 17 heavy (non-hydrogen) atoms. The van der Waals surface area contributed by atoms with Crippen molar-refractivity contribution in [1.82, 2.24) is 4.98 Å². The van der Waals surface area contributed by atoms with Gasteiger partial charge in [-0.1, -0.05) is 15.9 Å². The largest absolute Gasteiger partial charge is 0.322 e. The molecule has 0 radical (unpaired) electrons. The molecule has 0 unspecified atom stereocenters. The van der Waals surface area contributed by atoms with Gasteiger partial charge in [0, 0.05) is 16.4 Å². The molecule has 1 heterocycles. The maximum absolute atomic E-state index is 11.9. The van der Waals surface area contributed by atoms with Crippen LogP contribution < -0.4 is 5.32 Å². The molecule has 1 N–H and O–H groups in total. The van der Waals surface area contributed by atoms with Crippen LogP contribution in [0.25, 0.3) is 0 Å². The van der Waals surface area contributed by atoms with E-state index in [9.17, 15) is 4.79 Å². The number of benzene rings is 1. The van der Waals surface area contributed by atoms with Gasteiger partial charge in [0.2, 0.25) is 0 Å². The Hall–Kier alpha value is -1.20. The van der Waals surface area contributed by atoms with Crippen LogP contribution in [0.2, 0.25) is 0 Å². The number of amides is 1. The van der Waals surface area contributed by atoms with E-state index in [1.165, 1.54) is 0 Å². The number of nitrogens with zero attached hydrogens (tertiary/aromatic N) is 1. The van der Waals surface area contributed by atoms with Crippen molar-refractivity contribution in [1.29, 1.82) is 0 Å².